The predicted octanol–water partition coefficient (Wildman–Crippen LogP) is 3.27. The largest absolute Gasteiger partial charge is 0.367 e. The van der Waals surface area contributed by atoms with Gasteiger partial charge in [0.05, 0.1) is 18.7 Å². The van der Waals surface area contributed by atoms with Crippen LogP contribution in [-0.2, 0) is 4.74 Å². The summed E-state index contributed by atoms with van der Waals surface area (Å²) in [5, 5.41) is 10.3. The molecule has 21 heavy (non-hydrogen) atoms. The van der Waals surface area contributed by atoms with E-state index in [0.717, 1.165) is 25.7 Å². The van der Waals surface area contributed by atoms with Crippen molar-refractivity contribution in [3.8, 4) is 0 Å². The lowest BCUT2D eigenvalue weighted by atomic mass is 9.85. The van der Waals surface area contributed by atoms with Crippen molar-refractivity contribution in [2.45, 2.75) is 57.0 Å². The highest BCUT2D eigenvalue weighted by molar-refractivity contribution is 5.22. The zero-order valence-corrected chi connectivity index (χ0v) is 12.7. The molecule has 2 aliphatic heterocycles. The van der Waals surface area contributed by atoms with Crippen LogP contribution in [0.15, 0.2) is 42.5 Å². The lowest BCUT2D eigenvalue weighted by molar-refractivity contribution is -0.214. The third-order valence-corrected chi connectivity index (χ3v) is 4.75. The van der Waals surface area contributed by atoms with E-state index in [1.165, 1.54) is 11.1 Å². The fraction of sp³-hybridized carbons (Fsp3) is 0.556. The first-order valence-electron chi connectivity index (χ1n) is 7.99. The minimum absolute atomic E-state index is 0.0433. The van der Waals surface area contributed by atoms with Crippen molar-refractivity contribution < 1.29 is 9.84 Å². The third-order valence-electron chi connectivity index (χ3n) is 4.75. The molecule has 0 radical (unpaired) electrons. The van der Waals surface area contributed by atoms with Crippen LogP contribution >= 0.6 is 0 Å². The molecule has 2 fully saturated rings. The van der Waals surface area contributed by atoms with Gasteiger partial charge in [0.15, 0.2) is 6.29 Å². The molecule has 0 amide bonds. The molecule has 4 atom stereocenters. The highest BCUT2D eigenvalue weighted by Crippen LogP contribution is 2.40. The fourth-order valence-electron chi connectivity index (χ4n) is 3.84. The first-order chi connectivity index (χ1) is 10.2. The van der Waals surface area contributed by atoms with Crippen molar-refractivity contribution in [1.29, 1.82) is 0 Å². The van der Waals surface area contributed by atoms with E-state index in [4.69, 9.17) is 4.74 Å². The van der Waals surface area contributed by atoms with Gasteiger partial charge in [0.25, 0.3) is 0 Å². The van der Waals surface area contributed by atoms with Crippen molar-refractivity contribution in [2.75, 3.05) is 6.61 Å². The number of aliphatic hydroxyl groups is 1. The molecular formula is C18H25NO2. The van der Waals surface area contributed by atoms with E-state index in [9.17, 15) is 5.11 Å². The number of fused-ring (bicyclic) bond motifs is 1. The van der Waals surface area contributed by atoms with Gasteiger partial charge in [-0.2, -0.15) is 0 Å². The van der Waals surface area contributed by atoms with Crippen molar-refractivity contribution >= 4 is 0 Å². The van der Waals surface area contributed by atoms with E-state index in [0.29, 0.717) is 12.6 Å². The predicted molar refractivity (Wildman–Crippen MR) is 83.8 cm³/mol. The molecule has 3 nitrogen and oxygen atoms in total. The fourth-order valence-corrected chi connectivity index (χ4v) is 3.84. The normalized spacial score (nSPS) is 33.7. The number of ether oxygens (including phenoxy) is 1. The van der Waals surface area contributed by atoms with Gasteiger partial charge in [-0.1, -0.05) is 55.8 Å². The van der Waals surface area contributed by atoms with Gasteiger partial charge in [-0.3, -0.25) is 4.90 Å². The third kappa shape index (κ3) is 2.91. The number of nitrogens with zero attached hydrogens (tertiary/aromatic N) is 1. The Morgan fingerprint density at radius 3 is 2.76 bits per heavy atom. The van der Waals surface area contributed by atoms with Crippen molar-refractivity contribution in [3.63, 3.8) is 0 Å². The Morgan fingerprint density at radius 1 is 1.29 bits per heavy atom. The Labute approximate surface area is 127 Å². The van der Waals surface area contributed by atoms with Crippen LogP contribution in [-0.4, -0.2) is 35.0 Å². The van der Waals surface area contributed by atoms with Gasteiger partial charge in [0.1, 0.15) is 0 Å². The van der Waals surface area contributed by atoms with E-state index in [1.54, 1.807) is 0 Å². The molecule has 2 heterocycles. The quantitative estimate of drug-likeness (QED) is 0.866. The van der Waals surface area contributed by atoms with Gasteiger partial charge in [-0.05, 0) is 24.8 Å². The van der Waals surface area contributed by atoms with Crippen LogP contribution < -0.4 is 0 Å². The van der Waals surface area contributed by atoms with Gasteiger partial charge in [0.2, 0.25) is 0 Å². The second kappa shape index (κ2) is 6.30. The number of aliphatic hydroxyl groups excluding tert-OH is 1. The first-order valence-corrected chi connectivity index (χ1v) is 7.99. The molecule has 3 rings (SSSR count). The molecule has 0 aliphatic carbocycles. The van der Waals surface area contributed by atoms with Crippen LogP contribution in [0.3, 0.4) is 0 Å². The molecule has 1 unspecified atom stereocenters. The summed E-state index contributed by atoms with van der Waals surface area (Å²) in [5.74, 6) is 0. The van der Waals surface area contributed by atoms with Crippen molar-refractivity contribution in [1.82, 2.24) is 4.90 Å². The molecule has 1 aromatic carbocycles. The molecule has 0 bridgehead atoms. The topological polar surface area (TPSA) is 32.7 Å². The maximum Gasteiger partial charge on any atom is 0.170 e. The molecule has 2 aliphatic rings. The minimum Gasteiger partial charge on any atom is -0.367 e. The van der Waals surface area contributed by atoms with E-state index < -0.39 is 6.29 Å². The number of hydrogen-bond donors (Lipinski definition) is 1. The van der Waals surface area contributed by atoms with Crippen LogP contribution in [0.25, 0.3) is 0 Å². The number of rotatable bonds is 3. The highest BCUT2D eigenvalue weighted by atomic mass is 16.6. The van der Waals surface area contributed by atoms with Gasteiger partial charge < -0.3 is 9.84 Å². The van der Waals surface area contributed by atoms with Crippen LogP contribution in [0, 0.1) is 0 Å². The van der Waals surface area contributed by atoms with Gasteiger partial charge >= 0.3 is 0 Å². The second-order valence-corrected chi connectivity index (χ2v) is 6.27. The molecule has 1 aromatic rings. The van der Waals surface area contributed by atoms with Gasteiger partial charge in [0, 0.05) is 6.04 Å². The van der Waals surface area contributed by atoms with Crippen molar-refractivity contribution in [3.05, 3.63) is 48.0 Å². The number of benzene rings is 1. The highest BCUT2D eigenvalue weighted by Gasteiger charge is 2.44. The van der Waals surface area contributed by atoms with E-state index in [1.807, 2.05) is 6.07 Å². The Morgan fingerprint density at radius 2 is 2.05 bits per heavy atom. The summed E-state index contributed by atoms with van der Waals surface area (Å²) in [6, 6.07) is 11.3. The average Bonchev–Trinajstić information content (AvgIpc) is 2.49. The summed E-state index contributed by atoms with van der Waals surface area (Å²) < 4.78 is 5.66. The summed E-state index contributed by atoms with van der Waals surface area (Å²) in [5.41, 5.74) is 2.52. The SMILES string of the molecule is C=C1C[C@@H](CCC)N2[C@@H](c3ccccc3)COC(O)[C@@H]2C1. The number of hydrogen-bond acceptors (Lipinski definition) is 3. The number of piperidine rings is 1. The van der Waals surface area contributed by atoms with Gasteiger partial charge in [-0.15, -0.1) is 0 Å². The molecule has 2 saturated heterocycles. The molecule has 0 saturated carbocycles. The molecule has 3 heteroatoms. The summed E-state index contributed by atoms with van der Waals surface area (Å²) in [6.45, 7) is 6.96. The lowest BCUT2D eigenvalue weighted by Crippen LogP contribution is -2.58. The second-order valence-electron chi connectivity index (χ2n) is 6.27. The Bertz CT molecular complexity index is 487. The minimum atomic E-state index is -0.693. The van der Waals surface area contributed by atoms with E-state index >= 15 is 0 Å². The smallest absolute Gasteiger partial charge is 0.170 e. The lowest BCUT2D eigenvalue weighted by Gasteiger charge is -2.52. The monoisotopic (exact) mass is 287 g/mol. The van der Waals surface area contributed by atoms with Crippen LogP contribution in [0.5, 0.6) is 0 Å². The number of morpholine rings is 1. The Kier molecular flexibility index (Phi) is 4.43. The van der Waals surface area contributed by atoms with E-state index in [-0.39, 0.29) is 12.1 Å². The van der Waals surface area contributed by atoms with Crippen LogP contribution in [0.2, 0.25) is 0 Å². The first kappa shape index (κ1) is 14.8. The molecule has 0 spiro atoms. The van der Waals surface area contributed by atoms with Crippen LogP contribution in [0.4, 0.5) is 0 Å². The molecule has 114 valence electrons. The Hall–Kier alpha value is -1.16. The van der Waals surface area contributed by atoms with Crippen LogP contribution in [0.1, 0.15) is 44.2 Å². The zero-order chi connectivity index (χ0) is 14.8. The maximum absolute atomic E-state index is 10.3. The molecule has 1 N–H and O–H groups in total. The summed E-state index contributed by atoms with van der Waals surface area (Å²) in [6.07, 6.45) is 3.48. The van der Waals surface area contributed by atoms with E-state index in [2.05, 4.69) is 42.7 Å². The standard InChI is InChI=1S/C18H25NO2/c1-3-7-15-10-13(2)11-16-18(20)21-12-17(19(15)16)14-8-5-4-6-9-14/h4-6,8-9,15-18,20H,2-3,7,10-12H2,1H3/t15-,16+,17-,18?/m1/s1. The maximum atomic E-state index is 10.3. The zero-order valence-electron chi connectivity index (χ0n) is 12.7. The summed E-state index contributed by atoms with van der Waals surface area (Å²) in [7, 11) is 0. The Balaban J connectivity index is 1.92. The van der Waals surface area contributed by atoms with Crippen molar-refractivity contribution in [2.24, 2.45) is 0 Å². The van der Waals surface area contributed by atoms with Gasteiger partial charge in [-0.25, -0.2) is 0 Å². The summed E-state index contributed by atoms with van der Waals surface area (Å²) in [4.78, 5) is 2.50. The average molecular weight is 287 g/mol. The molecular weight excluding hydrogens is 262 g/mol. The molecule has 0 aromatic heterocycles. The summed E-state index contributed by atoms with van der Waals surface area (Å²) >= 11 is 0.